The molecule has 1 amide bonds. The van der Waals surface area contributed by atoms with Gasteiger partial charge in [0.1, 0.15) is 0 Å². The maximum absolute atomic E-state index is 11.4. The first kappa shape index (κ1) is 12.7. The molecule has 16 heavy (non-hydrogen) atoms. The number of hydrogen-bond donors (Lipinski definition) is 2. The number of hydrogen-bond acceptors (Lipinski definition) is 4. The number of carbonyl (C=O) groups is 1. The number of carbonyl (C=O) groups excluding carboxylic acids is 1. The molecule has 0 atom stereocenters. The lowest BCUT2D eigenvalue weighted by molar-refractivity contribution is -0.116. The SMILES string of the molecule is CN(C)CC(=O)Nc1cccc([SH](=O)=O)c1. The van der Waals surface area contributed by atoms with Crippen LogP contribution in [0.4, 0.5) is 5.69 Å². The fourth-order valence-electron chi connectivity index (χ4n) is 1.18. The van der Waals surface area contributed by atoms with Crippen molar-refractivity contribution in [3.05, 3.63) is 24.3 Å². The minimum absolute atomic E-state index is 0.178. The highest BCUT2D eigenvalue weighted by Crippen LogP contribution is 2.11. The molecule has 5 nitrogen and oxygen atoms in total. The highest BCUT2D eigenvalue weighted by molar-refractivity contribution is 7.72. The zero-order chi connectivity index (χ0) is 12.1. The van der Waals surface area contributed by atoms with E-state index < -0.39 is 10.7 Å². The molecule has 1 aromatic rings. The van der Waals surface area contributed by atoms with Crippen molar-refractivity contribution in [1.82, 2.24) is 4.90 Å². The first-order valence-corrected chi connectivity index (χ1v) is 5.86. The van der Waals surface area contributed by atoms with Gasteiger partial charge in [-0.1, -0.05) is 6.07 Å². The molecule has 6 heteroatoms. The second-order valence-electron chi connectivity index (χ2n) is 3.59. The molecule has 1 rings (SSSR count). The Balaban J connectivity index is 2.74. The molecule has 0 saturated heterocycles. The van der Waals surface area contributed by atoms with Crippen LogP contribution < -0.4 is 5.32 Å². The fourth-order valence-corrected chi connectivity index (χ4v) is 1.64. The van der Waals surface area contributed by atoms with E-state index in [0.717, 1.165) is 0 Å². The molecular formula is C10H14N2O3S. The van der Waals surface area contributed by atoms with Crippen LogP contribution in [0, 0.1) is 0 Å². The molecule has 0 heterocycles. The molecular weight excluding hydrogens is 228 g/mol. The van der Waals surface area contributed by atoms with E-state index in [1.54, 1.807) is 31.1 Å². The van der Waals surface area contributed by atoms with Crippen molar-refractivity contribution in [2.45, 2.75) is 4.90 Å². The number of nitrogens with one attached hydrogen (secondary N) is 1. The third-order valence-electron chi connectivity index (χ3n) is 1.80. The Morgan fingerprint density at radius 1 is 1.38 bits per heavy atom. The van der Waals surface area contributed by atoms with E-state index in [1.165, 1.54) is 12.1 Å². The summed E-state index contributed by atoms with van der Waals surface area (Å²) in [5, 5.41) is 2.62. The Labute approximate surface area is 96.0 Å². The predicted molar refractivity (Wildman–Crippen MR) is 62.2 cm³/mol. The molecule has 0 unspecified atom stereocenters. The van der Waals surface area contributed by atoms with Crippen LogP contribution in [0.25, 0.3) is 0 Å². The lowest BCUT2D eigenvalue weighted by Crippen LogP contribution is -2.27. The zero-order valence-electron chi connectivity index (χ0n) is 9.14. The monoisotopic (exact) mass is 242 g/mol. The molecule has 1 N–H and O–H groups in total. The minimum Gasteiger partial charge on any atom is -0.325 e. The van der Waals surface area contributed by atoms with Crippen molar-refractivity contribution >= 4 is 22.3 Å². The molecule has 88 valence electrons. The van der Waals surface area contributed by atoms with Gasteiger partial charge in [-0.15, -0.1) is 0 Å². The van der Waals surface area contributed by atoms with Gasteiger partial charge in [0, 0.05) is 5.69 Å². The van der Waals surface area contributed by atoms with Crippen LogP contribution in [0.3, 0.4) is 0 Å². The Hall–Kier alpha value is -1.40. The highest BCUT2D eigenvalue weighted by atomic mass is 32.2. The van der Waals surface area contributed by atoms with Gasteiger partial charge in [0.2, 0.25) is 5.91 Å². The average molecular weight is 242 g/mol. The molecule has 0 spiro atoms. The smallest absolute Gasteiger partial charge is 0.238 e. The summed E-state index contributed by atoms with van der Waals surface area (Å²) in [6.45, 7) is 0.258. The molecule has 0 fully saturated rings. The van der Waals surface area contributed by atoms with Crippen molar-refractivity contribution in [3.8, 4) is 0 Å². The first-order chi connectivity index (χ1) is 7.49. The lowest BCUT2D eigenvalue weighted by atomic mass is 10.3. The number of thiol groups is 1. The summed E-state index contributed by atoms with van der Waals surface area (Å²) in [5.74, 6) is -0.178. The van der Waals surface area contributed by atoms with Gasteiger partial charge in [0.15, 0.2) is 10.7 Å². The van der Waals surface area contributed by atoms with Gasteiger partial charge in [-0.25, -0.2) is 8.42 Å². The van der Waals surface area contributed by atoms with Gasteiger partial charge in [-0.2, -0.15) is 0 Å². The van der Waals surface area contributed by atoms with Crippen molar-refractivity contribution in [2.75, 3.05) is 26.0 Å². The highest BCUT2D eigenvalue weighted by Gasteiger charge is 2.04. The van der Waals surface area contributed by atoms with E-state index >= 15 is 0 Å². The largest absolute Gasteiger partial charge is 0.325 e. The second-order valence-corrected chi connectivity index (χ2v) is 4.62. The summed E-state index contributed by atoms with van der Waals surface area (Å²) in [5.41, 5.74) is 0.489. The van der Waals surface area contributed by atoms with E-state index in [9.17, 15) is 13.2 Å². The standard InChI is InChI=1S/C10H14N2O3S/c1-12(2)7-10(13)11-8-4-3-5-9(6-8)16(14)15/h3-6,16H,7H2,1-2H3,(H,11,13). The Morgan fingerprint density at radius 2 is 2.06 bits per heavy atom. The maximum atomic E-state index is 11.4. The number of anilines is 1. The molecule has 0 saturated carbocycles. The zero-order valence-corrected chi connectivity index (χ0v) is 10.0. The molecule has 0 radical (unpaired) electrons. The van der Waals surface area contributed by atoms with Crippen LogP contribution in [-0.2, 0) is 15.5 Å². The van der Waals surface area contributed by atoms with E-state index in [-0.39, 0.29) is 17.3 Å². The second kappa shape index (κ2) is 5.62. The van der Waals surface area contributed by atoms with Gasteiger partial charge in [-0.3, -0.25) is 4.79 Å². The van der Waals surface area contributed by atoms with Crippen molar-refractivity contribution in [2.24, 2.45) is 0 Å². The average Bonchev–Trinajstić information content (AvgIpc) is 2.16. The van der Waals surface area contributed by atoms with Crippen LogP contribution in [0.5, 0.6) is 0 Å². The summed E-state index contributed by atoms with van der Waals surface area (Å²) in [6, 6.07) is 6.15. The quantitative estimate of drug-likeness (QED) is 0.738. The van der Waals surface area contributed by atoms with Crippen molar-refractivity contribution in [1.29, 1.82) is 0 Å². The van der Waals surface area contributed by atoms with E-state index in [2.05, 4.69) is 5.32 Å². The van der Waals surface area contributed by atoms with Gasteiger partial charge in [0.25, 0.3) is 0 Å². The van der Waals surface area contributed by atoms with Gasteiger partial charge >= 0.3 is 0 Å². The van der Waals surface area contributed by atoms with E-state index in [1.807, 2.05) is 0 Å². The van der Waals surface area contributed by atoms with Gasteiger partial charge < -0.3 is 10.2 Å². The molecule has 0 aromatic heterocycles. The number of benzene rings is 1. The lowest BCUT2D eigenvalue weighted by Gasteiger charge is -2.10. The molecule has 0 aliphatic carbocycles. The fraction of sp³-hybridized carbons (Fsp3) is 0.300. The summed E-state index contributed by atoms with van der Waals surface area (Å²) < 4.78 is 21.5. The van der Waals surface area contributed by atoms with Gasteiger partial charge in [0.05, 0.1) is 11.4 Å². The van der Waals surface area contributed by atoms with Gasteiger partial charge in [-0.05, 0) is 32.3 Å². The summed E-state index contributed by atoms with van der Waals surface area (Å²) in [4.78, 5) is 13.3. The van der Waals surface area contributed by atoms with Crippen LogP contribution in [0.2, 0.25) is 0 Å². The van der Waals surface area contributed by atoms with Crippen LogP contribution >= 0.6 is 0 Å². The Bertz CT molecular complexity index is 447. The predicted octanol–water partition coefficient (Wildman–Crippen LogP) is 0.157. The van der Waals surface area contributed by atoms with Crippen LogP contribution in [-0.4, -0.2) is 39.9 Å². The molecule has 0 bridgehead atoms. The first-order valence-electron chi connectivity index (χ1n) is 4.68. The summed E-state index contributed by atoms with van der Waals surface area (Å²) in [7, 11) is 0.949. The molecule has 0 aliphatic rings. The Morgan fingerprint density at radius 3 is 2.62 bits per heavy atom. The number of rotatable bonds is 4. The maximum Gasteiger partial charge on any atom is 0.238 e. The molecule has 0 aliphatic heterocycles. The van der Waals surface area contributed by atoms with Crippen LogP contribution in [0.15, 0.2) is 29.2 Å². The normalized spacial score (nSPS) is 10.8. The number of nitrogens with zero attached hydrogens (tertiary/aromatic N) is 1. The third kappa shape index (κ3) is 4.00. The summed E-state index contributed by atoms with van der Waals surface area (Å²) >= 11 is 0. The van der Waals surface area contributed by atoms with Crippen LogP contribution in [0.1, 0.15) is 0 Å². The van der Waals surface area contributed by atoms with E-state index in [0.29, 0.717) is 5.69 Å². The topological polar surface area (TPSA) is 66.5 Å². The van der Waals surface area contributed by atoms with E-state index in [4.69, 9.17) is 0 Å². The van der Waals surface area contributed by atoms with Crippen molar-refractivity contribution < 1.29 is 13.2 Å². The van der Waals surface area contributed by atoms with Crippen molar-refractivity contribution in [3.63, 3.8) is 0 Å². The minimum atomic E-state index is -2.62. The third-order valence-corrected chi connectivity index (χ3v) is 2.50. The number of likely N-dealkylation sites (N-methyl/N-ethyl adjacent to an activating group) is 1. The number of amides is 1. The molecule has 1 aromatic carbocycles. The Kier molecular flexibility index (Phi) is 4.45. The summed E-state index contributed by atoms with van der Waals surface area (Å²) in [6.07, 6.45) is 0.